The van der Waals surface area contributed by atoms with Crippen LogP contribution in [0.3, 0.4) is 0 Å². The number of hydrogen-bond acceptors (Lipinski definition) is 12. The summed E-state index contributed by atoms with van der Waals surface area (Å²) >= 11 is 0. The topological polar surface area (TPSA) is 174 Å². The number of carbonyl (C=O) groups excluding carboxylic acids is 4. The van der Waals surface area contributed by atoms with Crippen LogP contribution in [-0.2, 0) is 25.5 Å². The second-order valence-electron chi connectivity index (χ2n) is 12.3. The summed E-state index contributed by atoms with van der Waals surface area (Å²) < 4.78 is 20.2. The van der Waals surface area contributed by atoms with E-state index < -0.39 is 47.9 Å². The molecule has 4 heterocycles. The third-order valence-electron chi connectivity index (χ3n) is 8.69. The molecule has 1 fully saturated rings. The van der Waals surface area contributed by atoms with E-state index in [1.165, 1.54) is 28.1 Å². The largest absolute Gasteiger partial charge is 0.459 e. The van der Waals surface area contributed by atoms with Gasteiger partial charge in [0.15, 0.2) is 5.82 Å². The van der Waals surface area contributed by atoms with Gasteiger partial charge in [0.05, 0.1) is 28.9 Å². The van der Waals surface area contributed by atoms with Gasteiger partial charge in [0, 0.05) is 24.6 Å². The fourth-order valence-corrected chi connectivity index (χ4v) is 5.90. The molecule has 7 rings (SSSR count). The number of ether oxygens (including phenoxy) is 3. The van der Waals surface area contributed by atoms with Crippen molar-refractivity contribution < 1.29 is 38.2 Å². The van der Waals surface area contributed by atoms with Crippen LogP contribution in [0, 0.1) is 13.8 Å². The van der Waals surface area contributed by atoms with Crippen LogP contribution < -0.4 is 5.69 Å². The molecule has 0 saturated carbocycles. The first-order chi connectivity index (χ1) is 25.2. The Balaban J connectivity index is 1.12. The highest BCUT2D eigenvalue weighted by Gasteiger charge is 2.41. The number of amides is 2. The molecule has 1 saturated heterocycles. The average molecular weight is 705 g/mol. The molecule has 15 heteroatoms. The Labute approximate surface area is 296 Å². The number of aromatic nitrogens is 5. The first-order valence-corrected chi connectivity index (χ1v) is 16.4. The van der Waals surface area contributed by atoms with E-state index in [4.69, 9.17) is 19.0 Å². The Morgan fingerprint density at radius 1 is 0.865 bits per heavy atom. The van der Waals surface area contributed by atoms with Crippen LogP contribution in [0.25, 0.3) is 5.82 Å². The van der Waals surface area contributed by atoms with Crippen molar-refractivity contribution in [1.82, 2.24) is 29.4 Å². The summed E-state index contributed by atoms with van der Waals surface area (Å²) in [6, 6.07) is 20.1. The quantitative estimate of drug-likeness (QED) is 0.145. The Bertz CT molecular complexity index is 2170. The third-order valence-corrected chi connectivity index (χ3v) is 8.69. The first-order valence-electron chi connectivity index (χ1n) is 16.4. The second-order valence-corrected chi connectivity index (χ2v) is 12.3. The lowest BCUT2D eigenvalue weighted by molar-refractivity contribution is -0.0903. The van der Waals surface area contributed by atoms with Gasteiger partial charge < -0.3 is 14.2 Å². The van der Waals surface area contributed by atoms with Crippen LogP contribution in [0.2, 0.25) is 0 Å². The van der Waals surface area contributed by atoms with E-state index in [0.717, 1.165) is 11.1 Å². The molecule has 264 valence electrons. The van der Waals surface area contributed by atoms with E-state index in [-0.39, 0.29) is 43.0 Å². The number of rotatable bonds is 11. The van der Waals surface area contributed by atoms with Crippen molar-refractivity contribution in [2.24, 2.45) is 0 Å². The van der Waals surface area contributed by atoms with Gasteiger partial charge in [-0.05, 0) is 50.2 Å². The van der Waals surface area contributed by atoms with Gasteiger partial charge in [0.2, 0.25) is 0 Å². The summed E-state index contributed by atoms with van der Waals surface area (Å²) in [5, 5.41) is 4.82. The van der Waals surface area contributed by atoms with Crippen LogP contribution >= 0.6 is 0 Å². The van der Waals surface area contributed by atoms with Gasteiger partial charge in [-0.2, -0.15) is 10.1 Å². The lowest BCUT2D eigenvalue weighted by Gasteiger charge is -2.19. The van der Waals surface area contributed by atoms with E-state index in [9.17, 15) is 24.0 Å². The SMILES string of the molecule is Cc1ccc(C(=O)OCC2OC(n3cc(CCON4C(=O)c5ccccc5C4=O)c(-n4cncn4)nc3=O)CC2OC(=O)c2ccc(C)cc2)cc1. The van der Waals surface area contributed by atoms with Crippen LogP contribution in [0.15, 0.2) is 96.4 Å². The van der Waals surface area contributed by atoms with E-state index >= 15 is 0 Å². The second kappa shape index (κ2) is 14.5. The van der Waals surface area contributed by atoms with Gasteiger partial charge in [-0.1, -0.05) is 47.5 Å². The zero-order valence-electron chi connectivity index (χ0n) is 28.1. The number of aryl methyl sites for hydroxylation is 2. The number of fused-ring (bicyclic) bond motifs is 1. The summed E-state index contributed by atoms with van der Waals surface area (Å²) in [6.07, 6.45) is 1.42. The maximum Gasteiger partial charge on any atom is 0.351 e. The number of carbonyl (C=O) groups is 4. The van der Waals surface area contributed by atoms with Crippen molar-refractivity contribution in [3.8, 4) is 5.82 Å². The van der Waals surface area contributed by atoms with Gasteiger partial charge >= 0.3 is 17.6 Å². The van der Waals surface area contributed by atoms with Gasteiger partial charge in [0.25, 0.3) is 11.8 Å². The van der Waals surface area contributed by atoms with Gasteiger partial charge in [-0.15, -0.1) is 5.06 Å². The van der Waals surface area contributed by atoms with Gasteiger partial charge in [-0.3, -0.25) is 19.0 Å². The molecule has 0 aliphatic carbocycles. The first kappa shape index (κ1) is 34.1. The summed E-state index contributed by atoms with van der Waals surface area (Å²) in [4.78, 5) is 79.1. The highest BCUT2D eigenvalue weighted by Crippen LogP contribution is 2.32. The fraction of sp³-hybridized carbons (Fsp3) is 0.243. The minimum absolute atomic E-state index is 0.0274. The van der Waals surface area contributed by atoms with Crippen LogP contribution in [-0.4, -0.2) is 78.6 Å². The molecule has 2 aliphatic heterocycles. The van der Waals surface area contributed by atoms with Gasteiger partial charge in [-0.25, -0.2) is 24.0 Å². The maximum atomic E-state index is 13.5. The smallest absolute Gasteiger partial charge is 0.351 e. The van der Waals surface area contributed by atoms with Gasteiger partial charge in [0.1, 0.15) is 37.7 Å². The molecule has 0 N–H and O–H groups in total. The van der Waals surface area contributed by atoms with E-state index in [1.54, 1.807) is 72.8 Å². The molecule has 3 atom stereocenters. The summed E-state index contributed by atoms with van der Waals surface area (Å²) in [5.41, 5.74) is 2.81. The number of imide groups is 1. The van der Waals surface area contributed by atoms with Crippen molar-refractivity contribution >= 4 is 23.8 Å². The molecule has 0 radical (unpaired) electrons. The standard InChI is InChI=1S/C37H32N6O9/c1-22-7-11-24(12-8-22)35(46)49-19-30-29(52-36(47)25-13-9-23(2)10-14-25)17-31(51-30)41-18-26(32(40-37(41)48)42-21-38-20-39-42)15-16-50-43-33(44)27-5-3-4-6-28(27)34(43)45/h3-14,18,20-21,29-31H,15-17,19H2,1-2H3. The van der Waals surface area contributed by atoms with Crippen molar-refractivity contribution in [1.29, 1.82) is 0 Å². The maximum absolute atomic E-state index is 13.5. The van der Waals surface area contributed by atoms with Crippen molar-refractivity contribution in [2.75, 3.05) is 13.2 Å². The number of hydrogen-bond donors (Lipinski definition) is 0. The number of nitrogens with zero attached hydrogens (tertiary/aromatic N) is 6. The van der Waals surface area contributed by atoms with E-state index in [1.807, 2.05) is 13.8 Å². The normalized spacial score (nSPS) is 18.0. The average Bonchev–Trinajstić information content (AvgIpc) is 3.88. The lowest BCUT2D eigenvalue weighted by atomic mass is 10.1. The third kappa shape index (κ3) is 6.99. The molecular weight excluding hydrogens is 672 g/mol. The van der Waals surface area contributed by atoms with Crippen molar-refractivity contribution in [3.63, 3.8) is 0 Å². The lowest BCUT2D eigenvalue weighted by Crippen LogP contribution is -2.32. The van der Waals surface area contributed by atoms with Crippen molar-refractivity contribution in [3.05, 3.63) is 141 Å². The molecular formula is C37H32N6O9. The molecule has 3 unspecified atom stereocenters. The Kier molecular flexibility index (Phi) is 9.52. The highest BCUT2D eigenvalue weighted by molar-refractivity contribution is 6.20. The zero-order valence-corrected chi connectivity index (χ0v) is 28.1. The summed E-state index contributed by atoms with van der Waals surface area (Å²) in [7, 11) is 0. The Morgan fingerprint density at radius 2 is 1.50 bits per heavy atom. The molecule has 0 spiro atoms. The molecule has 5 aromatic rings. The van der Waals surface area contributed by atoms with Crippen LogP contribution in [0.4, 0.5) is 0 Å². The van der Waals surface area contributed by atoms with E-state index in [2.05, 4.69) is 15.1 Å². The van der Waals surface area contributed by atoms with Crippen LogP contribution in [0.5, 0.6) is 0 Å². The van der Waals surface area contributed by atoms with Crippen LogP contribution in [0.1, 0.15) is 70.8 Å². The molecule has 15 nitrogen and oxygen atoms in total. The molecule has 0 bridgehead atoms. The molecule has 3 aromatic carbocycles. The monoisotopic (exact) mass is 704 g/mol. The summed E-state index contributed by atoms with van der Waals surface area (Å²) in [5.74, 6) is -2.22. The molecule has 52 heavy (non-hydrogen) atoms. The Hall–Kier alpha value is -6.32. The predicted molar refractivity (Wildman–Crippen MR) is 180 cm³/mol. The molecule has 2 aromatic heterocycles. The molecule has 2 amide bonds. The number of esters is 2. The fourth-order valence-electron chi connectivity index (χ4n) is 5.90. The Morgan fingerprint density at radius 3 is 2.12 bits per heavy atom. The molecule has 2 aliphatic rings. The number of benzene rings is 3. The van der Waals surface area contributed by atoms with E-state index in [0.29, 0.717) is 21.8 Å². The zero-order chi connectivity index (χ0) is 36.4. The highest BCUT2D eigenvalue weighted by atomic mass is 16.7. The minimum atomic E-state index is -0.986. The minimum Gasteiger partial charge on any atom is -0.459 e. The number of hydroxylamine groups is 2. The predicted octanol–water partition coefficient (Wildman–Crippen LogP) is 3.58. The summed E-state index contributed by atoms with van der Waals surface area (Å²) in [6.45, 7) is 3.38. The van der Waals surface area contributed by atoms with Crippen molar-refractivity contribution in [2.45, 2.75) is 45.1 Å².